The Balaban J connectivity index is 0.00000169. The van der Waals surface area contributed by atoms with E-state index in [1.807, 2.05) is 0 Å². The van der Waals surface area contributed by atoms with Crippen molar-refractivity contribution in [2.24, 2.45) is 0 Å². The van der Waals surface area contributed by atoms with Crippen LogP contribution in [0.5, 0.6) is 0 Å². The van der Waals surface area contributed by atoms with E-state index in [-0.39, 0.29) is 12.4 Å². The molecular formula is C9H18ClNO3. The van der Waals surface area contributed by atoms with Crippen molar-refractivity contribution in [3.05, 3.63) is 0 Å². The van der Waals surface area contributed by atoms with Crippen molar-refractivity contribution in [2.75, 3.05) is 32.8 Å². The molecule has 0 bridgehead atoms. The summed E-state index contributed by atoms with van der Waals surface area (Å²) in [5.74, 6) is -0.693. The molecule has 0 aromatic rings. The number of hydrogen-bond acceptors (Lipinski definition) is 3. The number of carbonyl (C=O) groups is 1. The summed E-state index contributed by atoms with van der Waals surface area (Å²) < 4.78 is 5.21. The molecule has 84 valence electrons. The highest BCUT2D eigenvalue weighted by atomic mass is 35.5. The predicted octanol–water partition coefficient (Wildman–Crippen LogP) is 0.995. The molecule has 1 saturated heterocycles. The van der Waals surface area contributed by atoms with Gasteiger partial charge in [0.1, 0.15) is 0 Å². The maximum atomic E-state index is 10.2. The molecule has 1 heterocycles. The molecule has 1 fully saturated rings. The molecule has 0 spiro atoms. The predicted molar refractivity (Wildman–Crippen MR) is 56.0 cm³/mol. The lowest BCUT2D eigenvalue weighted by Crippen LogP contribution is -2.36. The summed E-state index contributed by atoms with van der Waals surface area (Å²) in [6, 6.07) is 0. The van der Waals surface area contributed by atoms with Crippen LogP contribution in [0.2, 0.25) is 0 Å². The monoisotopic (exact) mass is 223 g/mol. The van der Waals surface area contributed by atoms with Gasteiger partial charge in [0, 0.05) is 19.5 Å². The topological polar surface area (TPSA) is 49.8 Å². The Hall–Kier alpha value is -0.320. The summed E-state index contributed by atoms with van der Waals surface area (Å²) in [4.78, 5) is 12.5. The van der Waals surface area contributed by atoms with Crippen molar-refractivity contribution in [2.45, 2.75) is 19.3 Å². The standard InChI is InChI=1S/C9H17NO3.ClH/c11-9(12)3-1-2-4-10-5-7-13-8-6-10;/h1-8H2,(H,11,12);1H. The first-order valence-electron chi connectivity index (χ1n) is 4.81. The molecule has 0 radical (unpaired) electrons. The van der Waals surface area contributed by atoms with Crippen LogP contribution < -0.4 is 0 Å². The minimum absolute atomic E-state index is 0. The lowest BCUT2D eigenvalue weighted by atomic mass is 10.2. The molecule has 14 heavy (non-hydrogen) atoms. The maximum absolute atomic E-state index is 10.2. The molecule has 0 aliphatic carbocycles. The fourth-order valence-corrected chi connectivity index (χ4v) is 1.44. The van der Waals surface area contributed by atoms with Gasteiger partial charge in [0.15, 0.2) is 0 Å². The van der Waals surface area contributed by atoms with Gasteiger partial charge in [-0.2, -0.15) is 0 Å². The largest absolute Gasteiger partial charge is 0.481 e. The Kier molecular flexibility index (Phi) is 7.84. The summed E-state index contributed by atoms with van der Waals surface area (Å²) in [6.07, 6.45) is 2.06. The van der Waals surface area contributed by atoms with Gasteiger partial charge in [0.05, 0.1) is 13.2 Å². The van der Waals surface area contributed by atoms with Crippen molar-refractivity contribution in [3.63, 3.8) is 0 Å². The van der Waals surface area contributed by atoms with E-state index in [4.69, 9.17) is 9.84 Å². The number of carboxylic acid groups (broad SMARTS) is 1. The second-order valence-corrected chi connectivity index (χ2v) is 3.30. The minimum Gasteiger partial charge on any atom is -0.481 e. The van der Waals surface area contributed by atoms with Gasteiger partial charge in [-0.15, -0.1) is 12.4 Å². The van der Waals surface area contributed by atoms with Gasteiger partial charge in [-0.05, 0) is 19.4 Å². The number of morpholine rings is 1. The van der Waals surface area contributed by atoms with Crippen LogP contribution in [0, 0.1) is 0 Å². The van der Waals surface area contributed by atoms with Crippen molar-refractivity contribution in [1.82, 2.24) is 4.90 Å². The molecule has 1 N–H and O–H groups in total. The number of ether oxygens (including phenoxy) is 1. The third-order valence-electron chi connectivity index (χ3n) is 2.22. The highest BCUT2D eigenvalue weighted by Gasteiger charge is 2.09. The average Bonchev–Trinajstić information content (AvgIpc) is 2.14. The van der Waals surface area contributed by atoms with E-state index < -0.39 is 5.97 Å². The number of unbranched alkanes of at least 4 members (excludes halogenated alkanes) is 1. The lowest BCUT2D eigenvalue weighted by Gasteiger charge is -2.26. The molecule has 0 saturated carbocycles. The highest BCUT2D eigenvalue weighted by molar-refractivity contribution is 5.85. The fourth-order valence-electron chi connectivity index (χ4n) is 1.44. The molecule has 0 aromatic carbocycles. The van der Waals surface area contributed by atoms with Crippen molar-refractivity contribution >= 4 is 18.4 Å². The van der Waals surface area contributed by atoms with E-state index in [1.54, 1.807) is 0 Å². The summed E-state index contributed by atoms with van der Waals surface area (Å²) >= 11 is 0. The van der Waals surface area contributed by atoms with Gasteiger partial charge in [0.25, 0.3) is 0 Å². The van der Waals surface area contributed by atoms with E-state index >= 15 is 0 Å². The Morgan fingerprint density at radius 2 is 1.93 bits per heavy atom. The molecule has 4 nitrogen and oxygen atoms in total. The normalized spacial score (nSPS) is 17.4. The van der Waals surface area contributed by atoms with Crippen molar-refractivity contribution < 1.29 is 14.6 Å². The smallest absolute Gasteiger partial charge is 0.303 e. The van der Waals surface area contributed by atoms with Crippen LogP contribution in [-0.4, -0.2) is 48.8 Å². The van der Waals surface area contributed by atoms with Crippen LogP contribution in [0.15, 0.2) is 0 Å². The fraction of sp³-hybridized carbons (Fsp3) is 0.889. The first kappa shape index (κ1) is 13.7. The SMILES string of the molecule is Cl.O=C(O)CCCCN1CCOCC1. The third kappa shape index (κ3) is 6.18. The first-order chi connectivity index (χ1) is 6.29. The van der Waals surface area contributed by atoms with Crippen LogP contribution in [-0.2, 0) is 9.53 Å². The number of aliphatic carboxylic acids is 1. The minimum atomic E-state index is -0.693. The molecule has 0 atom stereocenters. The zero-order valence-corrected chi connectivity index (χ0v) is 9.09. The van der Waals surface area contributed by atoms with E-state index in [1.165, 1.54) is 0 Å². The Labute approximate surface area is 90.6 Å². The van der Waals surface area contributed by atoms with Crippen molar-refractivity contribution in [3.8, 4) is 0 Å². The van der Waals surface area contributed by atoms with Crippen LogP contribution in [0.1, 0.15) is 19.3 Å². The van der Waals surface area contributed by atoms with Gasteiger partial charge >= 0.3 is 5.97 Å². The summed E-state index contributed by atoms with van der Waals surface area (Å²) in [7, 11) is 0. The Bertz CT molecular complexity index is 160. The quantitative estimate of drug-likeness (QED) is 0.707. The van der Waals surface area contributed by atoms with Crippen LogP contribution in [0.4, 0.5) is 0 Å². The number of carboxylic acids is 1. The molecular weight excluding hydrogens is 206 g/mol. The number of nitrogens with zero attached hydrogens (tertiary/aromatic N) is 1. The zero-order chi connectivity index (χ0) is 9.52. The summed E-state index contributed by atoms with van der Waals surface area (Å²) in [6.45, 7) is 4.63. The summed E-state index contributed by atoms with van der Waals surface area (Å²) in [5, 5.41) is 8.42. The molecule has 1 aliphatic heterocycles. The lowest BCUT2D eigenvalue weighted by molar-refractivity contribution is -0.137. The molecule has 1 aliphatic rings. The van der Waals surface area contributed by atoms with Crippen molar-refractivity contribution in [1.29, 1.82) is 0 Å². The van der Waals surface area contributed by atoms with E-state index in [9.17, 15) is 4.79 Å². The van der Waals surface area contributed by atoms with Gasteiger partial charge in [-0.1, -0.05) is 0 Å². The molecule has 0 aromatic heterocycles. The van der Waals surface area contributed by atoms with Crippen LogP contribution in [0.25, 0.3) is 0 Å². The maximum Gasteiger partial charge on any atom is 0.303 e. The van der Waals surface area contributed by atoms with Gasteiger partial charge < -0.3 is 9.84 Å². The van der Waals surface area contributed by atoms with Gasteiger partial charge in [-0.25, -0.2) is 0 Å². The first-order valence-corrected chi connectivity index (χ1v) is 4.81. The molecule has 0 unspecified atom stereocenters. The number of hydrogen-bond donors (Lipinski definition) is 1. The van der Waals surface area contributed by atoms with Crippen LogP contribution >= 0.6 is 12.4 Å². The molecule has 0 amide bonds. The molecule has 1 rings (SSSR count). The third-order valence-corrected chi connectivity index (χ3v) is 2.22. The second kappa shape index (κ2) is 8.03. The average molecular weight is 224 g/mol. The number of rotatable bonds is 5. The zero-order valence-electron chi connectivity index (χ0n) is 8.28. The highest BCUT2D eigenvalue weighted by Crippen LogP contribution is 2.01. The van der Waals surface area contributed by atoms with Gasteiger partial charge in [-0.3, -0.25) is 9.69 Å². The van der Waals surface area contributed by atoms with E-state index in [0.717, 1.165) is 45.7 Å². The number of halogens is 1. The molecule has 5 heteroatoms. The van der Waals surface area contributed by atoms with E-state index in [2.05, 4.69) is 4.90 Å². The summed E-state index contributed by atoms with van der Waals surface area (Å²) in [5.41, 5.74) is 0. The van der Waals surface area contributed by atoms with Gasteiger partial charge in [0.2, 0.25) is 0 Å². The van der Waals surface area contributed by atoms with E-state index in [0.29, 0.717) is 6.42 Å². The Morgan fingerprint density at radius 3 is 2.50 bits per heavy atom. The Morgan fingerprint density at radius 1 is 1.29 bits per heavy atom. The second-order valence-electron chi connectivity index (χ2n) is 3.30. The van der Waals surface area contributed by atoms with Crippen LogP contribution in [0.3, 0.4) is 0 Å².